The second-order valence-electron chi connectivity index (χ2n) is 8.17. The van der Waals surface area contributed by atoms with Gasteiger partial charge < -0.3 is 20.1 Å². The van der Waals surface area contributed by atoms with Crippen LogP contribution in [0.5, 0.6) is 0 Å². The number of nitrogens with one attached hydrogen (secondary N) is 3. The molecule has 3 atom stereocenters. The maximum absolute atomic E-state index is 15.0. The fourth-order valence-electron chi connectivity index (χ4n) is 3.90. The lowest BCUT2D eigenvalue weighted by molar-refractivity contribution is 0.0555. The Bertz CT molecular complexity index is 1180. The number of hydrogen-bond donors (Lipinski definition) is 3. The van der Waals surface area contributed by atoms with Gasteiger partial charge in [-0.15, -0.1) is 0 Å². The van der Waals surface area contributed by atoms with Crippen LogP contribution in [0.3, 0.4) is 0 Å². The Morgan fingerprint density at radius 3 is 3.00 bits per heavy atom. The lowest BCUT2D eigenvalue weighted by atomic mass is 10.0. The summed E-state index contributed by atoms with van der Waals surface area (Å²) in [4.78, 5) is 20.5. The van der Waals surface area contributed by atoms with Crippen LogP contribution in [0.2, 0.25) is 0 Å². The van der Waals surface area contributed by atoms with E-state index in [1.807, 2.05) is 13.8 Å². The predicted molar refractivity (Wildman–Crippen MR) is 116 cm³/mol. The first-order valence-electron chi connectivity index (χ1n) is 10.6. The molecule has 174 valence electrons. The van der Waals surface area contributed by atoms with Gasteiger partial charge >= 0.3 is 6.09 Å². The Labute approximate surface area is 189 Å². The highest BCUT2D eigenvalue weighted by molar-refractivity contribution is 5.67. The van der Waals surface area contributed by atoms with Gasteiger partial charge in [0.15, 0.2) is 11.5 Å². The number of nitriles is 1. The van der Waals surface area contributed by atoms with E-state index in [1.54, 1.807) is 23.8 Å². The molecule has 1 amide bonds. The number of aromatic nitrogens is 5. The van der Waals surface area contributed by atoms with Crippen molar-refractivity contribution in [3.63, 3.8) is 0 Å². The van der Waals surface area contributed by atoms with Crippen molar-refractivity contribution in [1.82, 2.24) is 29.9 Å². The van der Waals surface area contributed by atoms with Crippen molar-refractivity contribution in [2.45, 2.75) is 57.5 Å². The summed E-state index contributed by atoms with van der Waals surface area (Å²) in [5.74, 6) is 0.353. The quantitative estimate of drug-likeness (QED) is 0.493. The van der Waals surface area contributed by atoms with Crippen LogP contribution in [0, 0.1) is 11.3 Å². The number of alkyl halides is 1. The minimum atomic E-state index is -1.35. The molecule has 0 aliphatic heterocycles. The van der Waals surface area contributed by atoms with E-state index in [1.165, 1.54) is 6.20 Å². The van der Waals surface area contributed by atoms with E-state index in [9.17, 15) is 14.4 Å². The Hall–Kier alpha value is -3.72. The number of alkyl carbamates (subject to hydrolysis) is 1. The summed E-state index contributed by atoms with van der Waals surface area (Å²) in [6.45, 7) is 3.91. The Morgan fingerprint density at radius 1 is 1.45 bits per heavy atom. The third kappa shape index (κ3) is 4.73. The van der Waals surface area contributed by atoms with Gasteiger partial charge in [0, 0.05) is 37.0 Å². The zero-order chi connectivity index (χ0) is 23.5. The fraction of sp³-hybridized carbons (Fsp3) is 0.476. The van der Waals surface area contributed by atoms with Gasteiger partial charge in [0.1, 0.15) is 23.9 Å². The number of carbonyl (C=O) groups is 1. The van der Waals surface area contributed by atoms with Gasteiger partial charge in [-0.1, -0.05) is 0 Å². The van der Waals surface area contributed by atoms with E-state index in [-0.39, 0.29) is 12.6 Å². The normalized spacial score (nSPS) is 20.2. The van der Waals surface area contributed by atoms with Crippen molar-refractivity contribution in [3.8, 4) is 6.07 Å². The standard InChI is InChI=1S/C21H25FN8O3/c1-11(2)25-21(31)33-16-5-4-14(18(16)22)15-6-17(29-28-15)27-20-24-8-12(7-23)19-26-13(10-32-3)9-30(19)20/h6,8-9,11,14,16,18H,4-5,10H2,1-3H3,(H,25,31)(H2,24,27,28,29)/t14-,16-,18+/m0/s1. The third-order valence-electron chi connectivity index (χ3n) is 5.36. The van der Waals surface area contributed by atoms with Gasteiger partial charge in [-0.25, -0.2) is 19.2 Å². The van der Waals surface area contributed by atoms with Crippen LogP contribution in [0.25, 0.3) is 5.65 Å². The van der Waals surface area contributed by atoms with Gasteiger partial charge in [-0.3, -0.25) is 9.50 Å². The number of rotatable bonds is 7. The van der Waals surface area contributed by atoms with Crippen molar-refractivity contribution < 1.29 is 18.7 Å². The molecule has 0 bridgehead atoms. The van der Waals surface area contributed by atoms with E-state index in [0.717, 1.165) is 0 Å². The first kappa shape index (κ1) is 22.5. The number of aromatic amines is 1. The molecule has 3 aromatic rings. The summed E-state index contributed by atoms with van der Waals surface area (Å²) in [7, 11) is 1.56. The number of fused-ring (bicyclic) bond motifs is 1. The summed E-state index contributed by atoms with van der Waals surface area (Å²) < 4.78 is 27.0. The lowest BCUT2D eigenvalue weighted by Crippen LogP contribution is -2.36. The van der Waals surface area contributed by atoms with Crippen molar-refractivity contribution in [2.24, 2.45) is 0 Å². The molecule has 1 fully saturated rings. The SMILES string of the molecule is COCc1cn2c(Nc3cc([C@@H]4CC[C@H](OC(=O)NC(C)C)[C@@H]4F)[nH]n3)ncc(C#N)c2n1. The first-order chi connectivity index (χ1) is 15.9. The van der Waals surface area contributed by atoms with Gasteiger partial charge in [-0.2, -0.15) is 10.4 Å². The van der Waals surface area contributed by atoms with Crippen LogP contribution in [-0.4, -0.2) is 56.1 Å². The smallest absolute Gasteiger partial charge is 0.407 e. The third-order valence-corrected chi connectivity index (χ3v) is 5.36. The highest BCUT2D eigenvalue weighted by Crippen LogP contribution is 2.38. The molecule has 1 aliphatic rings. The number of carbonyl (C=O) groups excluding carboxylic acids is 1. The molecule has 0 spiro atoms. The Kier molecular flexibility index (Phi) is 6.41. The molecule has 3 heterocycles. The molecular formula is C21H25FN8O3. The molecule has 0 saturated heterocycles. The van der Waals surface area contributed by atoms with Crippen LogP contribution >= 0.6 is 0 Å². The number of H-pyrrole nitrogens is 1. The van der Waals surface area contributed by atoms with Crippen molar-refractivity contribution >= 4 is 23.5 Å². The van der Waals surface area contributed by atoms with Crippen LogP contribution < -0.4 is 10.6 Å². The maximum atomic E-state index is 15.0. The predicted octanol–water partition coefficient (Wildman–Crippen LogP) is 2.93. The molecule has 0 aromatic carbocycles. The molecule has 4 rings (SSSR count). The zero-order valence-corrected chi connectivity index (χ0v) is 18.5. The lowest BCUT2D eigenvalue weighted by Gasteiger charge is -2.18. The summed E-state index contributed by atoms with van der Waals surface area (Å²) in [6.07, 6.45) is 1.32. The molecular weight excluding hydrogens is 431 g/mol. The highest BCUT2D eigenvalue weighted by atomic mass is 19.1. The van der Waals surface area contributed by atoms with E-state index >= 15 is 0 Å². The Balaban J connectivity index is 1.49. The van der Waals surface area contributed by atoms with Crippen LogP contribution in [0.15, 0.2) is 18.5 Å². The number of amides is 1. The molecule has 1 saturated carbocycles. The molecule has 0 radical (unpaired) electrons. The van der Waals surface area contributed by atoms with Crippen LogP contribution in [0.1, 0.15) is 49.6 Å². The number of imidazole rings is 1. The molecule has 11 nitrogen and oxygen atoms in total. The highest BCUT2D eigenvalue weighted by Gasteiger charge is 2.40. The van der Waals surface area contributed by atoms with Crippen molar-refractivity contribution in [1.29, 1.82) is 5.26 Å². The average Bonchev–Trinajstić information content (AvgIpc) is 3.48. The second kappa shape index (κ2) is 9.41. The van der Waals surface area contributed by atoms with E-state index in [4.69, 9.17) is 9.47 Å². The maximum Gasteiger partial charge on any atom is 0.407 e. The van der Waals surface area contributed by atoms with Gasteiger partial charge in [0.2, 0.25) is 5.95 Å². The summed E-state index contributed by atoms with van der Waals surface area (Å²) in [6, 6.07) is 3.69. The van der Waals surface area contributed by atoms with Gasteiger partial charge in [-0.05, 0) is 26.7 Å². The summed E-state index contributed by atoms with van der Waals surface area (Å²) in [5, 5.41) is 22.1. The molecule has 33 heavy (non-hydrogen) atoms. The van der Waals surface area contributed by atoms with Crippen LogP contribution in [0.4, 0.5) is 21.0 Å². The number of halogens is 1. The first-order valence-corrected chi connectivity index (χ1v) is 10.6. The van der Waals surface area contributed by atoms with Gasteiger partial charge in [0.05, 0.1) is 18.5 Å². The topological polar surface area (TPSA) is 142 Å². The summed E-state index contributed by atoms with van der Waals surface area (Å²) >= 11 is 0. The van der Waals surface area contributed by atoms with Crippen LogP contribution in [-0.2, 0) is 16.1 Å². The van der Waals surface area contributed by atoms with Gasteiger partial charge in [0.25, 0.3) is 0 Å². The number of nitrogens with zero attached hydrogens (tertiary/aromatic N) is 5. The fourth-order valence-corrected chi connectivity index (χ4v) is 3.90. The minimum Gasteiger partial charge on any atom is -0.443 e. The summed E-state index contributed by atoms with van der Waals surface area (Å²) in [5.41, 5.74) is 2.00. The average molecular weight is 456 g/mol. The van der Waals surface area contributed by atoms with E-state index < -0.39 is 24.3 Å². The number of methoxy groups -OCH3 is 1. The monoisotopic (exact) mass is 456 g/mol. The number of anilines is 2. The van der Waals surface area contributed by atoms with E-state index in [0.29, 0.717) is 47.2 Å². The Morgan fingerprint density at radius 2 is 2.27 bits per heavy atom. The largest absolute Gasteiger partial charge is 0.443 e. The van der Waals surface area contributed by atoms with E-state index in [2.05, 4.69) is 36.9 Å². The number of ether oxygens (including phenoxy) is 2. The van der Waals surface area contributed by atoms with Crippen molar-refractivity contribution in [2.75, 3.05) is 12.4 Å². The van der Waals surface area contributed by atoms with Crippen molar-refractivity contribution in [3.05, 3.63) is 35.4 Å². The second-order valence-corrected chi connectivity index (χ2v) is 8.17. The molecule has 0 unspecified atom stereocenters. The molecule has 12 heteroatoms. The minimum absolute atomic E-state index is 0.0858. The number of hydrogen-bond acceptors (Lipinski definition) is 8. The molecule has 3 N–H and O–H groups in total. The zero-order valence-electron chi connectivity index (χ0n) is 18.5. The molecule has 1 aliphatic carbocycles. The molecule has 3 aromatic heterocycles.